The summed E-state index contributed by atoms with van der Waals surface area (Å²) in [7, 11) is -4.34. The molecule has 0 aliphatic heterocycles. The van der Waals surface area contributed by atoms with Gasteiger partial charge in [-0.1, -0.05) is 17.7 Å². The lowest BCUT2D eigenvalue weighted by molar-refractivity contribution is -0.119. The number of hydrogen-bond acceptors (Lipinski definition) is 6. The Labute approximate surface area is 194 Å². The molecule has 2 rings (SSSR count). The van der Waals surface area contributed by atoms with Gasteiger partial charge in [-0.3, -0.25) is 9.10 Å². The molecule has 0 atom stereocenters. The fourth-order valence-corrected chi connectivity index (χ4v) is 4.53. The minimum Gasteiger partial charge on any atom is -0.492 e. The second kappa shape index (κ2) is 10.5. The molecule has 0 radical (unpaired) electrons. The van der Waals surface area contributed by atoms with Gasteiger partial charge < -0.3 is 10.1 Å². The molecule has 32 heavy (non-hydrogen) atoms. The molecule has 12 heteroatoms. The van der Waals surface area contributed by atoms with Gasteiger partial charge in [0.05, 0.1) is 23.4 Å². The average Bonchev–Trinajstić information content (AvgIpc) is 2.71. The van der Waals surface area contributed by atoms with Crippen molar-refractivity contribution in [3.63, 3.8) is 0 Å². The van der Waals surface area contributed by atoms with Crippen molar-refractivity contribution in [2.24, 2.45) is 0 Å². The Kier molecular flexibility index (Phi) is 8.52. The van der Waals surface area contributed by atoms with Gasteiger partial charge in [0.15, 0.2) is 0 Å². The van der Waals surface area contributed by atoms with Crippen LogP contribution in [-0.4, -0.2) is 67.1 Å². The number of amides is 1. The van der Waals surface area contributed by atoms with Crippen molar-refractivity contribution in [3.05, 3.63) is 53.1 Å². The predicted octanol–water partition coefficient (Wildman–Crippen LogP) is 1.86. The summed E-state index contributed by atoms with van der Waals surface area (Å²) in [5.41, 5.74) is 1.08. The number of halogens is 1. The van der Waals surface area contributed by atoms with E-state index >= 15 is 0 Å². The van der Waals surface area contributed by atoms with Gasteiger partial charge in [0, 0.05) is 19.1 Å². The molecule has 0 spiro atoms. The Hall–Kier alpha value is -2.34. The summed E-state index contributed by atoms with van der Waals surface area (Å²) < 4.78 is 56.0. The number of hydrogen-bond donors (Lipinski definition) is 1. The molecule has 9 nitrogen and oxygen atoms in total. The molecule has 0 aromatic heterocycles. The monoisotopic (exact) mass is 503 g/mol. The van der Waals surface area contributed by atoms with Crippen LogP contribution in [-0.2, 0) is 24.8 Å². The van der Waals surface area contributed by atoms with E-state index in [1.54, 1.807) is 19.1 Å². The lowest BCUT2D eigenvalue weighted by Crippen LogP contribution is -2.41. The average molecular weight is 504 g/mol. The zero-order valence-corrected chi connectivity index (χ0v) is 20.6. The molecule has 0 saturated heterocycles. The van der Waals surface area contributed by atoms with E-state index < -0.39 is 32.5 Å². The minimum absolute atomic E-state index is 0.112. The van der Waals surface area contributed by atoms with Gasteiger partial charge >= 0.3 is 0 Å². The predicted molar refractivity (Wildman–Crippen MR) is 124 cm³/mol. The Morgan fingerprint density at radius 1 is 1.06 bits per heavy atom. The molecular weight excluding hydrogens is 478 g/mol. The summed E-state index contributed by atoms with van der Waals surface area (Å²) in [5.74, 6) is -0.0767. The van der Waals surface area contributed by atoms with Crippen LogP contribution >= 0.6 is 11.6 Å². The zero-order chi connectivity index (χ0) is 24.1. The van der Waals surface area contributed by atoms with E-state index in [1.807, 2.05) is 0 Å². The quantitative estimate of drug-likeness (QED) is 0.495. The molecule has 0 heterocycles. The lowest BCUT2D eigenvalue weighted by Gasteiger charge is -2.22. The van der Waals surface area contributed by atoms with Crippen LogP contribution in [0.4, 0.5) is 5.69 Å². The first kappa shape index (κ1) is 25.9. The summed E-state index contributed by atoms with van der Waals surface area (Å²) in [6.45, 7) is 1.62. The van der Waals surface area contributed by atoms with Crippen LogP contribution in [0.5, 0.6) is 5.75 Å². The number of ether oxygens (including phenoxy) is 1. The van der Waals surface area contributed by atoms with Gasteiger partial charge in [-0.15, -0.1) is 0 Å². The summed E-state index contributed by atoms with van der Waals surface area (Å²) in [6.07, 6.45) is 1.01. The highest BCUT2D eigenvalue weighted by Gasteiger charge is 2.21. The highest BCUT2D eigenvalue weighted by molar-refractivity contribution is 7.92. The molecule has 0 fully saturated rings. The van der Waals surface area contributed by atoms with Crippen molar-refractivity contribution in [3.8, 4) is 5.75 Å². The SMILES string of the molecule is Cc1ccc(N(CC(=O)NCCOc2ccc(S(=O)(=O)N(C)C)cc2)S(C)(=O)=O)cc1Cl. The van der Waals surface area contributed by atoms with E-state index in [0.29, 0.717) is 16.5 Å². The largest absolute Gasteiger partial charge is 0.492 e. The van der Waals surface area contributed by atoms with Crippen molar-refractivity contribution in [1.82, 2.24) is 9.62 Å². The van der Waals surface area contributed by atoms with Crippen molar-refractivity contribution in [2.75, 3.05) is 44.4 Å². The number of aryl methyl sites for hydroxylation is 1. The van der Waals surface area contributed by atoms with Crippen molar-refractivity contribution < 1.29 is 26.4 Å². The number of nitrogens with zero attached hydrogens (tertiary/aromatic N) is 2. The lowest BCUT2D eigenvalue weighted by atomic mass is 10.2. The topological polar surface area (TPSA) is 113 Å². The highest BCUT2D eigenvalue weighted by atomic mass is 35.5. The van der Waals surface area contributed by atoms with Crippen LogP contribution in [0, 0.1) is 6.92 Å². The molecular formula is C20H26ClN3O6S2. The van der Waals surface area contributed by atoms with Gasteiger partial charge in [-0.05, 0) is 48.9 Å². The number of benzene rings is 2. The molecule has 1 amide bonds. The standard InChI is InChI=1S/C20H26ClN3O6S2/c1-15-5-6-16(13-19(15)21)24(31(4,26)27)14-20(25)22-11-12-30-17-7-9-18(10-8-17)32(28,29)23(2)3/h5-10,13H,11-12,14H2,1-4H3,(H,22,25). The maximum atomic E-state index is 12.3. The maximum absolute atomic E-state index is 12.3. The Morgan fingerprint density at radius 3 is 2.22 bits per heavy atom. The second-order valence-electron chi connectivity index (χ2n) is 7.16. The first-order valence-corrected chi connectivity index (χ1v) is 13.1. The molecule has 0 bridgehead atoms. The van der Waals surface area contributed by atoms with Crippen LogP contribution in [0.3, 0.4) is 0 Å². The molecule has 0 saturated carbocycles. The first-order chi connectivity index (χ1) is 14.8. The Morgan fingerprint density at radius 2 is 1.69 bits per heavy atom. The number of carbonyl (C=O) groups excluding carboxylic acids is 1. The molecule has 1 N–H and O–H groups in total. The Balaban J connectivity index is 1.91. The molecule has 0 aliphatic carbocycles. The van der Waals surface area contributed by atoms with Gasteiger partial charge in [0.1, 0.15) is 18.9 Å². The van der Waals surface area contributed by atoms with E-state index in [1.165, 1.54) is 44.4 Å². The third-order valence-corrected chi connectivity index (χ3v) is 7.80. The van der Waals surface area contributed by atoms with Crippen molar-refractivity contribution >= 4 is 43.2 Å². The van der Waals surface area contributed by atoms with Gasteiger partial charge in [0.2, 0.25) is 26.0 Å². The molecule has 0 aliphatic rings. The van der Waals surface area contributed by atoms with Crippen LogP contribution in [0.2, 0.25) is 5.02 Å². The smallest absolute Gasteiger partial charge is 0.242 e. The van der Waals surface area contributed by atoms with Crippen LogP contribution < -0.4 is 14.4 Å². The fourth-order valence-electron chi connectivity index (χ4n) is 2.60. The third-order valence-electron chi connectivity index (χ3n) is 4.43. The van der Waals surface area contributed by atoms with Gasteiger partial charge in [-0.25, -0.2) is 21.1 Å². The normalized spacial score (nSPS) is 11.9. The van der Waals surface area contributed by atoms with Crippen molar-refractivity contribution in [2.45, 2.75) is 11.8 Å². The number of rotatable bonds is 10. The summed E-state index contributed by atoms with van der Waals surface area (Å²) in [4.78, 5) is 12.4. The number of sulfonamides is 2. The van der Waals surface area contributed by atoms with Crippen LogP contribution in [0.1, 0.15) is 5.56 Å². The number of carbonyl (C=O) groups is 1. The van der Waals surface area contributed by atoms with Crippen molar-refractivity contribution in [1.29, 1.82) is 0 Å². The number of anilines is 1. The summed E-state index contributed by atoms with van der Waals surface area (Å²) in [6, 6.07) is 10.7. The van der Waals surface area contributed by atoms with E-state index in [4.69, 9.17) is 16.3 Å². The minimum atomic E-state index is -3.71. The number of nitrogens with one attached hydrogen (secondary N) is 1. The van der Waals surface area contributed by atoms with E-state index in [9.17, 15) is 21.6 Å². The fraction of sp³-hybridized carbons (Fsp3) is 0.350. The zero-order valence-electron chi connectivity index (χ0n) is 18.2. The molecule has 2 aromatic carbocycles. The van der Waals surface area contributed by atoms with Gasteiger partial charge in [0.25, 0.3) is 0 Å². The van der Waals surface area contributed by atoms with E-state index in [2.05, 4.69) is 5.32 Å². The van der Waals surface area contributed by atoms with Crippen LogP contribution in [0.25, 0.3) is 0 Å². The molecule has 0 unspecified atom stereocenters. The van der Waals surface area contributed by atoms with E-state index in [0.717, 1.165) is 20.4 Å². The maximum Gasteiger partial charge on any atom is 0.242 e. The highest BCUT2D eigenvalue weighted by Crippen LogP contribution is 2.24. The molecule has 176 valence electrons. The van der Waals surface area contributed by atoms with Crippen LogP contribution in [0.15, 0.2) is 47.4 Å². The second-order valence-corrected chi connectivity index (χ2v) is 11.6. The third kappa shape index (κ3) is 6.83. The van der Waals surface area contributed by atoms with E-state index in [-0.39, 0.29) is 18.0 Å². The first-order valence-electron chi connectivity index (χ1n) is 9.48. The van der Waals surface area contributed by atoms with Gasteiger partial charge in [-0.2, -0.15) is 0 Å². The molecule has 2 aromatic rings. The summed E-state index contributed by atoms with van der Waals surface area (Å²) >= 11 is 6.08. The summed E-state index contributed by atoms with van der Waals surface area (Å²) in [5, 5.41) is 2.99. The Bertz CT molecular complexity index is 1170.